The van der Waals surface area contributed by atoms with Crippen molar-refractivity contribution < 1.29 is 9.53 Å². The molecule has 0 radical (unpaired) electrons. The number of nitriles is 2. The van der Waals surface area contributed by atoms with E-state index in [-0.39, 0.29) is 31.0 Å². The zero-order valence-electron chi connectivity index (χ0n) is 13.6. The van der Waals surface area contributed by atoms with E-state index >= 15 is 0 Å². The average Bonchev–Trinajstić information content (AvgIpc) is 2.96. The second-order valence-corrected chi connectivity index (χ2v) is 5.92. The van der Waals surface area contributed by atoms with E-state index in [0.717, 1.165) is 18.4 Å². The van der Waals surface area contributed by atoms with Crippen molar-refractivity contribution in [2.75, 3.05) is 6.61 Å². The van der Waals surface area contributed by atoms with E-state index in [9.17, 15) is 15.3 Å². The van der Waals surface area contributed by atoms with Gasteiger partial charge in [0.15, 0.2) is 12.0 Å². The summed E-state index contributed by atoms with van der Waals surface area (Å²) in [5.41, 5.74) is 2.25. The van der Waals surface area contributed by atoms with Crippen LogP contribution in [0.1, 0.15) is 26.2 Å². The summed E-state index contributed by atoms with van der Waals surface area (Å²) in [4.78, 5) is 10.7. The molecule has 1 saturated heterocycles. The van der Waals surface area contributed by atoms with Crippen LogP contribution in [0.2, 0.25) is 0 Å². The third-order valence-corrected chi connectivity index (χ3v) is 4.39. The van der Waals surface area contributed by atoms with Gasteiger partial charge >= 0.3 is 5.97 Å². The first-order valence-electron chi connectivity index (χ1n) is 7.82. The SMILES string of the molecule is C=C=C[C@@H]1C(C(C#N)(C#N)CC#CCOC(C)=O)=C[C@H]2CCC1N2. The normalized spacial score (nSPS) is 24.3. The third kappa shape index (κ3) is 3.58. The number of rotatable bonds is 4. The lowest BCUT2D eigenvalue weighted by molar-refractivity contribution is -0.139. The molecule has 2 bridgehead atoms. The van der Waals surface area contributed by atoms with Crippen molar-refractivity contribution in [2.45, 2.75) is 38.3 Å². The fourth-order valence-electron chi connectivity index (χ4n) is 3.24. The maximum atomic E-state index is 10.7. The van der Waals surface area contributed by atoms with E-state index in [0.29, 0.717) is 0 Å². The van der Waals surface area contributed by atoms with Gasteiger partial charge in [-0.25, -0.2) is 0 Å². The summed E-state index contributed by atoms with van der Waals surface area (Å²) in [6.45, 7) is 4.90. The Kier molecular flexibility index (Phi) is 5.62. The van der Waals surface area contributed by atoms with Crippen LogP contribution < -0.4 is 5.32 Å². The Bertz CT molecular complexity index is 721. The highest BCUT2D eigenvalue weighted by atomic mass is 16.5. The molecule has 2 aliphatic rings. The van der Waals surface area contributed by atoms with E-state index in [1.54, 1.807) is 0 Å². The fourth-order valence-corrected chi connectivity index (χ4v) is 3.24. The zero-order valence-corrected chi connectivity index (χ0v) is 13.6. The number of nitrogens with zero attached hydrogens (tertiary/aromatic N) is 2. The Morgan fingerprint density at radius 1 is 1.46 bits per heavy atom. The van der Waals surface area contributed by atoms with Crippen molar-refractivity contribution in [3.8, 4) is 24.0 Å². The molecule has 2 heterocycles. The van der Waals surface area contributed by atoms with Gasteiger partial charge < -0.3 is 10.1 Å². The van der Waals surface area contributed by atoms with E-state index in [4.69, 9.17) is 4.74 Å². The molecule has 1 unspecified atom stereocenters. The number of ether oxygens (including phenoxy) is 1. The third-order valence-electron chi connectivity index (χ3n) is 4.39. The Morgan fingerprint density at radius 2 is 2.21 bits per heavy atom. The molecule has 2 aliphatic heterocycles. The minimum atomic E-state index is -1.32. The van der Waals surface area contributed by atoms with Crippen LogP contribution in [0.4, 0.5) is 0 Å². The van der Waals surface area contributed by atoms with Crippen molar-refractivity contribution >= 4 is 5.97 Å². The molecule has 3 atom stereocenters. The largest absolute Gasteiger partial charge is 0.453 e. The fraction of sp³-hybridized carbons (Fsp3) is 0.474. The van der Waals surface area contributed by atoms with Gasteiger partial charge in [-0.05, 0) is 24.5 Å². The van der Waals surface area contributed by atoms with Crippen LogP contribution in [-0.2, 0) is 9.53 Å². The van der Waals surface area contributed by atoms with Crippen LogP contribution in [0.25, 0.3) is 0 Å². The molecule has 0 aliphatic carbocycles. The lowest BCUT2D eigenvalue weighted by atomic mass is 9.71. The van der Waals surface area contributed by atoms with Crippen LogP contribution >= 0.6 is 0 Å². The monoisotopic (exact) mass is 321 g/mol. The molecule has 1 fully saturated rings. The number of nitrogens with one attached hydrogen (secondary N) is 1. The molecule has 5 nitrogen and oxygen atoms in total. The second kappa shape index (κ2) is 7.67. The molecule has 0 aromatic heterocycles. The Balaban J connectivity index is 2.28. The Hall–Kier alpha value is -2.77. The van der Waals surface area contributed by atoms with Crippen molar-refractivity contribution in [1.29, 1.82) is 10.5 Å². The molecule has 2 rings (SSSR count). The van der Waals surface area contributed by atoms with Gasteiger partial charge in [-0.1, -0.05) is 24.5 Å². The summed E-state index contributed by atoms with van der Waals surface area (Å²) in [7, 11) is 0. The predicted molar refractivity (Wildman–Crippen MR) is 87.9 cm³/mol. The van der Waals surface area contributed by atoms with Gasteiger partial charge in [0.2, 0.25) is 0 Å². The number of carbonyl (C=O) groups excluding carboxylic acids is 1. The highest BCUT2D eigenvalue weighted by Gasteiger charge is 2.45. The second-order valence-electron chi connectivity index (χ2n) is 5.92. The summed E-state index contributed by atoms with van der Waals surface area (Å²) in [6.07, 6.45) is 5.86. The molecule has 122 valence electrons. The summed E-state index contributed by atoms with van der Waals surface area (Å²) < 4.78 is 4.75. The summed E-state index contributed by atoms with van der Waals surface area (Å²) in [5, 5.41) is 22.9. The molecule has 0 aromatic rings. The van der Waals surface area contributed by atoms with E-state index in [2.05, 4.69) is 41.6 Å². The number of esters is 1. The molecule has 5 heteroatoms. The molecule has 0 amide bonds. The highest BCUT2D eigenvalue weighted by Crippen LogP contribution is 2.43. The molecule has 24 heavy (non-hydrogen) atoms. The van der Waals surface area contributed by atoms with Crippen LogP contribution in [0.15, 0.2) is 30.0 Å². The smallest absolute Gasteiger partial charge is 0.303 e. The van der Waals surface area contributed by atoms with Gasteiger partial charge in [-0.15, -0.1) is 5.73 Å². The first-order chi connectivity index (χ1) is 11.6. The number of carbonyl (C=O) groups is 1. The van der Waals surface area contributed by atoms with Gasteiger partial charge in [0.25, 0.3) is 0 Å². The summed E-state index contributed by atoms with van der Waals surface area (Å²) in [5.74, 6) is 5.00. The predicted octanol–water partition coefficient (Wildman–Crippen LogP) is 1.99. The van der Waals surface area contributed by atoms with E-state index in [1.807, 2.05) is 12.2 Å². The van der Waals surface area contributed by atoms with Crippen molar-refractivity contribution in [2.24, 2.45) is 11.3 Å². The van der Waals surface area contributed by atoms with Crippen LogP contribution in [0, 0.1) is 45.8 Å². The maximum Gasteiger partial charge on any atom is 0.303 e. The number of hydrogen-bond donors (Lipinski definition) is 1. The molecule has 0 aromatic carbocycles. The topological polar surface area (TPSA) is 85.9 Å². The quantitative estimate of drug-likeness (QED) is 0.370. The molecule has 0 spiro atoms. The standard InChI is InChI=1S/C19H19N3O2/c1-3-6-16-17(11-15-7-8-18(16)22-15)19(12-20,13-21)9-4-5-10-24-14(2)23/h6,11,15-16,18,22H,1,7-10H2,2H3/t15-,16-,18?/m1/s1. The Labute approximate surface area is 142 Å². The van der Waals surface area contributed by atoms with Crippen molar-refractivity contribution in [3.05, 3.63) is 30.0 Å². The van der Waals surface area contributed by atoms with Gasteiger partial charge in [0.1, 0.15) is 0 Å². The van der Waals surface area contributed by atoms with Crippen LogP contribution in [0.5, 0.6) is 0 Å². The summed E-state index contributed by atoms with van der Waals surface area (Å²) >= 11 is 0. The van der Waals surface area contributed by atoms with Gasteiger partial charge in [-0.3, -0.25) is 4.79 Å². The van der Waals surface area contributed by atoms with Gasteiger partial charge in [-0.2, -0.15) is 10.5 Å². The Morgan fingerprint density at radius 3 is 2.83 bits per heavy atom. The van der Waals surface area contributed by atoms with E-state index < -0.39 is 11.4 Å². The lowest BCUT2D eigenvalue weighted by Gasteiger charge is -2.34. The lowest BCUT2D eigenvalue weighted by Crippen LogP contribution is -2.42. The molecular formula is C19H19N3O2. The van der Waals surface area contributed by atoms with Crippen molar-refractivity contribution in [3.63, 3.8) is 0 Å². The van der Waals surface area contributed by atoms with Gasteiger partial charge in [0, 0.05) is 31.3 Å². The maximum absolute atomic E-state index is 10.7. The van der Waals surface area contributed by atoms with E-state index in [1.165, 1.54) is 6.92 Å². The van der Waals surface area contributed by atoms with Crippen LogP contribution in [-0.4, -0.2) is 24.7 Å². The van der Waals surface area contributed by atoms with Crippen LogP contribution in [0.3, 0.4) is 0 Å². The minimum absolute atomic E-state index is 0.0376. The molecule has 1 N–H and O–H groups in total. The highest BCUT2D eigenvalue weighted by molar-refractivity contribution is 5.66. The summed E-state index contributed by atoms with van der Waals surface area (Å²) in [6, 6.07) is 4.70. The molecule has 0 saturated carbocycles. The first-order valence-corrected chi connectivity index (χ1v) is 7.82. The van der Waals surface area contributed by atoms with Gasteiger partial charge in [0.05, 0.1) is 12.1 Å². The minimum Gasteiger partial charge on any atom is -0.453 e. The number of fused-ring (bicyclic) bond motifs is 2. The number of hydrogen-bond acceptors (Lipinski definition) is 5. The van der Waals surface area contributed by atoms with Crippen molar-refractivity contribution in [1.82, 2.24) is 5.32 Å². The zero-order chi connectivity index (χ0) is 17.6. The average molecular weight is 321 g/mol. The first kappa shape index (κ1) is 17.6. The molecular weight excluding hydrogens is 302 g/mol.